The van der Waals surface area contributed by atoms with Crippen LogP contribution in [0, 0.1) is 6.92 Å². The molecule has 4 rings (SSSR count). The number of carbonyl (C=O) groups excluding carboxylic acids is 1. The molecule has 0 unspecified atom stereocenters. The maximum absolute atomic E-state index is 11.2. The first kappa shape index (κ1) is 16.8. The van der Waals surface area contributed by atoms with Gasteiger partial charge in [-0.1, -0.05) is 6.07 Å². The molecule has 1 aliphatic heterocycles. The SMILES string of the molecule is Cc1nsc(N2CCC(Oc3cccc4c3ccn4CC(N)=O)CC2)n1. The molecule has 0 radical (unpaired) electrons. The largest absolute Gasteiger partial charge is 0.490 e. The summed E-state index contributed by atoms with van der Waals surface area (Å²) in [5.41, 5.74) is 6.28. The molecular formula is C18H21N5O2S. The van der Waals surface area contributed by atoms with Crippen molar-refractivity contribution in [3.8, 4) is 5.75 Å². The van der Waals surface area contributed by atoms with Crippen molar-refractivity contribution in [3.63, 3.8) is 0 Å². The van der Waals surface area contributed by atoms with Crippen molar-refractivity contribution in [1.82, 2.24) is 13.9 Å². The van der Waals surface area contributed by atoms with Crippen LogP contribution in [0.15, 0.2) is 30.5 Å². The number of piperidine rings is 1. The predicted octanol–water partition coefficient (Wildman–Crippen LogP) is 2.33. The van der Waals surface area contributed by atoms with Crippen molar-refractivity contribution >= 4 is 33.5 Å². The first-order valence-corrected chi connectivity index (χ1v) is 9.45. The van der Waals surface area contributed by atoms with Gasteiger partial charge in [0.25, 0.3) is 0 Å². The summed E-state index contributed by atoms with van der Waals surface area (Å²) in [6, 6.07) is 7.89. The number of aromatic nitrogens is 3. The quantitative estimate of drug-likeness (QED) is 0.744. The smallest absolute Gasteiger partial charge is 0.237 e. The van der Waals surface area contributed by atoms with Crippen LogP contribution in [0.2, 0.25) is 0 Å². The number of hydrogen-bond donors (Lipinski definition) is 1. The van der Waals surface area contributed by atoms with Gasteiger partial charge in [0, 0.05) is 49.0 Å². The second-order valence-electron chi connectivity index (χ2n) is 6.53. The number of hydrogen-bond acceptors (Lipinski definition) is 6. The number of primary amides is 1. The van der Waals surface area contributed by atoms with Gasteiger partial charge in [-0.15, -0.1) is 0 Å². The Hall–Kier alpha value is -2.61. The van der Waals surface area contributed by atoms with Crippen molar-refractivity contribution in [2.75, 3.05) is 18.0 Å². The van der Waals surface area contributed by atoms with Crippen LogP contribution >= 0.6 is 11.5 Å². The van der Waals surface area contributed by atoms with Crippen LogP contribution in [0.1, 0.15) is 18.7 Å². The molecule has 3 aromatic rings. The first-order valence-electron chi connectivity index (χ1n) is 8.68. The molecular weight excluding hydrogens is 350 g/mol. The Morgan fingerprint density at radius 1 is 1.35 bits per heavy atom. The van der Waals surface area contributed by atoms with E-state index in [1.165, 1.54) is 11.5 Å². The van der Waals surface area contributed by atoms with Gasteiger partial charge < -0.3 is 19.9 Å². The van der Waals surface area contributed by atoms with Crippen LogP contribution in [0.5, 0.6) is 5.75 Å². The van der Waals surface area contributed by atoms with Gasteiger partial charge in [-0.2, -0.15) is 4.37 Å². The second-order valence-corrected chi connectivity index (χ2v) is 7.26. The van der Waals surface area contributed by atoms with Crippen molar-refractivity contribution < 1.29 is 9.53 Å². The lowest BCUT2D eigenvalue weighted by Crippen LogP contribution is -2.38. The third-order valence-electron chi connectivity index (χ3n) is 4.62. The molecule has 0 spiro atoms. The van der Waals surface area contributed by atoms with E-state index in [0.29, 0.717) is 0 Å². The van der Waals surface area contributed by atoms with Crippen LogP contribution in [0.25, 0.3) is 10.9 Å². The summed E-state index contributed by atoms with van der Waals surface area (Å²) < 4.78 is 12.4. The average Bonchev–Trinajstić information content (AvgIpc) is 3.23. The molecule has 1 fully saturated rings. The van der Waals surface area contributed by atoms with E-state index in [1.807, 2.05) is 42.0 Å². The molecule has 0 saturated carbocycles. The molecule has 2 N–H and O–H groups in total. The fourth-order valence-electron chi connectivity index (χ4n) is 3.36. The van der Waals surface area contributed by atoms with Gasteiger partial charge in [0.2, 0.25) is 11.0 Å². The minimum absolute atomic E-state index is 0.172. The number of benzene rings is 1. The van der Waals surface area contributed by atoms with Crippen LogP contribution < -0.4 is 15.4 Å². The maximum atomic E-state index is 11.2. The summed E-state index contributed by atoms with van der Waals surface area (Å²) in [5, 5.41) is 2.00. The van der Waals surface area contributed by atoms with Crippen LogP contribution in [0.3, 0.4) is 0 Å². The lowest BCUT2D eigenvalue weighted by Gasteiger charge is -2.31. The summed E-state index contributed by atoms with van der Waals surface area (Å²) in [5.74, 6) is 1.33. The summed E-state index contributed by atoms with van der Waals surface area (Å²) in [4.78, 5) is 18.0. The predicted molar refractivity (Wildman–Crippen MR) is 102 cm³/mol. The van der Waals surface area contributed by atoms with Gasteiger partial charge in [-0.3, -0.25) is 4.79 Å². The zero-order valence-corrected chi connectivity index (χ0v) is 15.4. The van der Waals surface area contributed by atoms with Gasteiger partial charge in [0.15, 0.2) is 0 Å². The number of carbonyl (C=O) groups is 1. The number of ether oxygens (including phenoxy) is 1. The van der Waals surface area contributed by atoms with E-state index >= 15 is 0 Å². The molecule has 0 aliphatic carbocycles. The van der Waals surface area contributed by atoms with Crippen LogP contribution in [0.4, 0.5) is 5.13 Å². The molecule has 26 heavy (non-hydrogen) atoms. The van der Waals surface area contributed by atoms with E-state index in [9.17, 15) is 4.79 Å². The Morgan fingerprint density at radius 3 is 2.85 bits per heavy atom. The van der Waals surface area contributed by atoms with Gasteiger partial charge in [-0.05, 0) is 25.1 Å². The molecule has 8 heteroatoms. The van der Waals surface area contributed by atoms with Gasteiger partial charge in [-0.25, -0.2) is 4.98 Å². The standard InChI is InChI=1S/C18H21N5O2S/c1-12-20-18(26-21-12)22-8-5-13(6-9-22)25-16-4-2-3-15-14(16)7-10-23(15)11-17(19)24/h2-4,7,10,13H,5-6,8-9,11H2,1H3,(H2,19,24). The second kappa shape index (κ2) is 6.95. The minimum atomic E-state index is -0.354. The normalized spacial score (nSPS) is 15.5. The van der Waals surface area contributed by atoms with Gasteiger partial charge in [0.1, 0.15) is 24.2 Å². The summed E-state index contributed by atoms with van der Waals surface area (Å²) in [6.45, 7) is 3.92. The number of nitrogens with two attached hydrogens (primary N) is 1. The Labute approximate surface area is 155 Å². The molecule has 0 atom stereocenters. The Morgan fingerprint density at radius 2 is 2.15 bits per heavy atom. The molecule has 7 nitrogen and oxygen atoms in total. The molecule has 1 saturated heterocycles. The Kier molecular flexibility index (Phi) is 4.50. The highest BCUT2D eigenvalue weighted by molar-refractivity contribution is 7.09. The van der Waals surface area contributed by atoms with E-state index < -0.39 is 0 Å². The van der Waals surface area contributed by atoms with Gasteiger partial charge >= 0.3 is 0 Å². The van der Waals surface area contributed by atoms with Gasteiger partial charge in [0.05, 0.1) is 5.52 Å². The lowest BCUT2D eigenvalue weighted by atomic mass is 10.1. The number of anilines is 1. The molecule has 1 amide bonds. The molecule has 1 aliphatic rings. The van der Waals surface area contributed by atoms with E-state index in [0.717, 1.165) is 53.5 Å². The Bertz CT molecular complexity index is 927. The van der Waals surface area contributed by atoms with E-state index in [1.54, 1.807) is 0 Å². The maximum Gasteiger partial charge on any atom is 0.237 e. The third-order valence-corrected chi connectivity index (χ3v) is 5.49. The number of amides is 1. The fraction of sp³-hybridized carbons (Fsp3) is 0.389. The molecule has 0 bridgehead atoms. The minimum Gasteiger partial charge on any atom is -0.490 e. The molecule has 3 heterocycles. The average molecular weight is 371 g/mol. The van der Waals surface area contributed by atoms with E-state index in [2.05, 4.69) is 14.3 Å². The van der Waals surface area contributed by atoms with Crippen molar-refractivity contribution in [1.29, 1.82) is 0 Å². The zero-order chi connectivity index (χ0) is 18.1. The highest BCUT2D eigenvalue weighted by Gasteiger charge is 2.23. The first-order chi connectivity index (χ1) is 12.6. The highest BCUT2D eigenvalue weighted by atomic mass is 32.1. The molecule has 136 valence electrons. The van der Waals surface area contributed by atoms with Crippen molar-refractivity contribution in [2.24, 2.45) is 5.73 Å². The van der Waals surface area contributed by atoms with E-state index in [-0.39, 0.29) is 18.6 Å². The Balaban J connectivity index is 1.45. The van der Waals surface area contributed by atoms with Crippen LogP contribution in [-0.4, -0.2) is 39.0 Å². The number of fused-ring (bicyclic) bond motifs is 1. The highest BCUT2D eigenvalue weighted by Crippen LogP contribution is 2.30. The summed E-state index contributed by atoms with van der Waals surface area (Å²) in [7, 11) is 0. The fourth-order valence-corrected chi connectivity index (χ4v) is 4.09. The third kappa shape index (κ3) is 3.37. The number of rotatable bonds is 5. The van der Waals surface area contributed by atoms with Crippen LogP contribution in [-0.2, 0) is 11.3 Å². The molecule has 1 aromatic carbocycles. The van der Waals surface area contributed by atoms with E-state index in [4.69, 9.17) is 10.5 Å². The zero-order valence-electron chi connectivity index (χ0n) is 14.6. The monoisotopic (exact) mass is 371 g/mol. The molecule has 2 aromatic heterocycles. The topological polar surface area (TPSA) is 86.3 Å². The summed E-state index contributed by atoms with van der Waals surface area (Å²) >= 11 is 1.45. The van der Waals surface area contributed by atoms with Crippen molar-refractivity contribution in [2.45, 2.75) is 32.4 Å². The number of aryl methyl sites for hydroxylation is 1. The number of nitrogens with zero attached hydrogens (tertiary/aromatic N) is 4. The lowest BCUT2D eigenvalue weighted by molar-refractivity contribution is -0.118. The van der Waals surface area contributed by atoms with Crippen molar-refractivity contribution in [3.05, 3.63) is 36.3 Å². The summed E-state index contributed by atoms with van der Waals surface area (Å²) in [6.07, 6.45) is 3.93.